The molecule has 3 heterocycles. The monoisotopic (exact) mass is 402 g/mol. The Balaban J connectivity index is 1.36. The molecule has 0 aliphatic carbocycles. The molecule has 30 heavy (non-hydrogen) atoms. The molecule has 6 nitrogen and oxygen atoms in total. The number of hydrogen-bond acceptors (Lipinski definition) is 3. The van der Waals surface area contributed by atoms with Crippen LogP contribution in [0.2, 0.25) is 0 Å². The summed E-state index contributed by atoms with van der Waals surface area (Å²) in [7, 11) is 0. The lowest BCUT2D eigenvalue weighted by molar-refractivity contribution is -0.121. The third-order valence-electron chi connectivity index (χ3n) is 5.40. The standard InChI is InChI=1S/C24H26N4O2/c1-18(13-14-19-8-3-2-4-9-19)26-22(29)12-7-17-28-23-20(10-5-15-25-23)27-16-6-11-21(27)24(28)30/h2-6,8-11,15-16,18H,7,12-14,17H2,1H3,(H,26,29)/t18-/m1/s1. The van der Waals surface area contributed by atoms with Crippen LogP contribution in [0.15, 0.2) is 71.8 Å². The molecule has 1 atom stereocenters. The van der Waals surface area contributed by atoms with Gasteiger partial charge in [0.15, 0.2) is 5.65 Å². The Morgan fingerprint density at radius 3 is 2.70 bits per heavy atom. The average Bonchev–Trinajstić information content (AvgIpc) is 3.26. The fourth-order valence-electron chi connectivity index (χ4n) is 3.84. The van der Waals surface area contributed by atoms with Crippen LogP contribution >= 0.6 is 0 Å². The Hall–Kier alpha value is -3.41. The van der Waals surface area contributed by atoms with Crippen LogP contribution in [0.25, 0.3) is 16.7 Å². The number of carbonyl (C=O) groups is 1. The van der Waals surface area contributed by atoms with Gasteiger partial charge >= 0.3 is 0 Å². The number of amides is 1. The second-order valence-electron chi connectivity index (χ2n) is 7.66. The van der Waals surface area contributed by atoms with Crippen molar-refractivity contribution in [2.75, 3.05) is 0 Å². The van der Waals surface area contributed by atoms with Gasteiger partial charge in [-0.25, -0.2) is 4.98 Å². The van der Waals surface area contributed by atoms with Crippen molar-refractivity contribution in [1.29, 1.82) is 0 Å². The van der Waals surface area contributed by atoms with Crippen LogP contribution in [0.1, 0.15) is 31.7 Å². The molecule has 0 saturated carbocycles. The largest absolute Gasteiger partial charge is 0.354 e. The Morgan fingerprint density at radius 2 is 1.87 bits per heavy atom. The summed E-state index contributed by atoms with van der Waals surface area (Å²) in [6, 6.07) is 17.9. The molecule has 0 saturated heterocycles. The van der Waals surface area contributed by atoms with E-state index in [0.29, 0.717) is 30.6 Å². The van der Waals surface area contributed by atoms with Gasteiger partial charge in [-0.3, -0.25) is 14.2 Å². The lowest BCUT2D eigenvalue weighted by Crippen LogP contribution is -2.33. The number of aromatic nitrogens is 3. The number of aryl methyl sites for hydroxylation is 2. The molecule has 0 spiro atoms. The fourth-order valence-corrected chi connectivity index (χ4v) is 3.84. The first kappa shape index (κ1) is 19.9. The van der Waals surface area contributed by atoms with E-state index in [2.05, 4.69) is 22.4 Å². The number of fused-ring (bicyclic) bond motifs is 3. The van der Waals surface area contributed by atoms with Crippen molar-refractivity contribution in [2.24, 2.45) is 0 Å². The molecule has 4 aromatic rings. The molecular formula is C24H26N4O2. The van der Waals surface area contributed by atoms with Crippen LogP contribution in [0.3, 0.4) is 0 Å². The SMILES string of the molecule is C[C@H](CCc1ccccc1)NC(=O)CCCn1c(=O)c2cccn2c2cccnc21. The van der Waals surface area contributed by atoms with Crippen LogP contribution in [-0.2, 0) is 17.8 Å². The summed E-state index contributed by atoms with van der Waals surface area (Å²) in [5.74, 6) is 0.0182. The van der Waals surface area contributed by atoms with E-state index >= 15 is 0 Å². The summed E-state index contributed by atoms with van der Waals surface area (Å²) in [5, 5.41) is 3.07. The molecular weight excluding hydrogens is 376 g/mol. The lowest BCUT2D eigenvalue weighted by atomic mass is 10.1. The maximum Gasteiger partial charge on any atom is 0.276 e. The highest BCUT2D eigenvalue weighted by atomic mass is 16.1. The summed E-state index contributed by atoms with van der Waals surface area (Å²) < 4.78 is 3.54. The van der Waals surface area contributed by atoms with Crippen molar-refractivity contribution in [3.63, 3.8) is 0 Å². The number of nitrogens with one attached hydrogen (secondary N) is 1. The van der Waals surface area contributed by atoms with Gasteiger partial charge in [0, 0.05) is 31.4 Å². The first-order valence-electron chi connectivity index (χ1n) is 10.4. The molecule has 0 radical (unpaired) electrons. The highest BCUT2D eigenvalue weighted by molar-refractivity contribution is 5.76. The highest BCUT2D eigenvalue weighted by Gasteiger charge is 2.12. The van der Waals surface area contributed by atoms with Gasteiger partial charge in [0.1, 0.15) is 5.52 Å². The zero-order chi connectivity index (χ0) is 20.9. The van der Waals surface area contributed by atoms with Crippen LogP contribution in [-0.4, -0.2) is 25.9 Å². The Morgan fingerprint density at radius 1 is 1.07 bits per heavy atom. The minimum Gasteiger partial charge on any atom is -0.354 e. The van der Waals surface area contributed by atoms with Gasteiger partial charge in [-0.2, -0.15) is 0 Å². The van der Waals surface area contributed by atoms with Crippen molar-refractivity contribution in [3.8, 4) is 0 Å². The Bertz CT molecular complexity index is 1210. The van der Waals surface area contributed by atoms with Gasteiger partial charge in [0.2, 0.25) is 5.91 Å². The van der Waals surface area contributed by atoms with E-state index in [4.69, 9.17) is 0 Å². The third-order valence-corrected chi connectivity index (χ3v) is 5.40. The number of pyridine rings is 1. The minimum atomic E-state index is -0.0807. The number of nitrogens with zero attached hydrogens (tertiary/aromatic N) is 3. The van der Waals surface area contributed by atoms with Crippen molar-refractivity contribution in [3.05, 3.63) is 82.9 Å². The van der Waals surface area contributed by atoms with E-state index in [-0.39, 0.29) is 17.5 Å². The molecule has 1 amide bonds. The molecule has 0 unspecified atom stereocenters. The normalized spacial score (nSPS) is 12.3. The van der Waals surface area contributed by atoms with E-state index < -0.39 is 0 Å². The summed E-state index contributed by atoms with van der Waals surface area (Å²) in [5.41, 5.74) is 3.34. The zero-order valence-electron chi connectivity index (χ0n) is 17.1. The van der Waals surface area contributed by atoms with Crippen LogP contribution in [0.4, 0.5) is 0 Å². The highest BCUT2D eigenvalue weighted by Crippen LogP contribution is 2.13. The maximum absolute atomic E-state index is 12.9. The summed E-state index contributed by atoms with van der Waals surface area (Å²) >= 11 is 0. The fraction of sp³-hybridized carbons (Fsp3) is 0.292. The van der Waals surface area contributed by atoms with Crippen molar-refractivity contribution in [1.82, 2.24) is 19.3 Å². The average molecular weight is 402 g/mol. The summed E-state index contributed by atoms with van der Waals surface area (Å²) in [6.07, 6.45) is 6.35. The van der Waals surface area contributed by atoms with Crippen LogP contribution < -0.4 is 10.9 Å². The number of carbonyl (C=O) groups excluding carboxylic acids is 1. The predicted molar refractivity (Wildman–Crippen MR) is 119 cm³/mol. The minimum absolute atomic E-state index is 0.0182. The van der Waals surface area contributed by atoms with E-state index in [1.54, 1.807) is 10.8 Å². The quantitative estimate of drug-likeness (QED) is 0.490. The van der Waals surface area contributed by atoms with E-state index in [9.17, 15) is 9.59 Å². The topological polar surface area (TPSA) is 68.4 Å². The van der Waals surface area contributed by atoms with Crippen molar-refractivity contribution >= 4 is 22.6 Å². The van der Waals surface area contributed by atoms with Crippen LogP contribution in [0, 0.1) is 0 Å². The number of benzene rings is 1. The van der Waals surface area contributed by atoms with E-state index in [1.165, 1.54) is 5.56 Å². The molecule has 154 valence electrons. The molecule has 0 bridgehead atoms. The molecule has 1 N–H and O–H groups in total. The molecule has 0 fully saturated rings. The van der Waals surface area contributed by atoms with Crippen molar-refractivity contribution < 1.29 is 4.79 Å². The third kappa shape index (κ3) is 4.27. The first-order valence-corrected chi connectivity index (χ1v) is 10.4. The van der Waals surface area contributed by atoms with E-state index in [0.717, 1.165) is 18.4 Å². The van der Waals surface area contributed by atoms with E-state index in [1.807, 2.05) is 60.0 Å². The number of rotatable bonds is 8. The Labute approximate surface area is 175 Å². The molecule has 6 heteroatoms. The van der Waals surface area contributed by atoms with Gasteiger partial charge in [-0.05, 0) is 56.0 Å². The van der Waals surface area contributed by atoms with Crippen molar-refractivity contribution in [2.45, 2.75) is 45.2 Å². The molecule has 1 aromatic carbocycles. The van der Waals surface area contributed by atoms with Crippen LogP contribution in [0.5, 0.6) is 0 Å². The van der Waals surface area contributed by atoms with Gasteiger partial charge < -0.3 is 9.72 Å². The lowest BCUT2D eigenvalue weighted by Gasteiger charge is -2.15. The zero-order valence-corrected chi connectivity index (χ0v) is 17.1. The second-order valence-corrected chi connectivity index (χ2v) is 7.66. The smallest absolute Gasteiger partial charge is 0.276 e. The summed E-state index contributed by atoms with van der Waals surface area (Å²) in [4.78, 5) is 29.6. The first-order chi connectivity index (χ1) is 14.6. The maximum atomic E-state index is 12.9. The summed E-state index contributed by atoms with van der Waals surface area (Å²) in [6.45, 7) is 2.49. The van der Waals surface area contributed by atoms with Gasteiger partial charge in [0.05, 0.1) is 5.52 Å². The van der Waals surface area contributed by atoms with Gasteiger partial charge in [0.25, 0.3) is 5.56 Å². The Kier molecular flexibility index (Phi) is 5.93. The molecule has 0 aliphatic rings. The predicted octanol–water partition coefficient (Wildman–Crippen LogP) is 3.57. The number of hydrogen-bond donors (Lipinski definition) is 1. The van der Waals surface area contributed by atoms with Gasteiger partial charge in [-0.1, -0.05) is 30.3 Å². The molecule has 3 aromatic heterocycles. The van der Waals surface area contributed by atoms with Gasteiger partial charge in [-0.15, -0.1) is 0 Å². The second kappa shape index (κ2) is 8.95. The molecule has 0 aliphatic heterocycles. The molecule has 4 rings (SSSR count).